The minimum atomic E-state index is -3.32. The van der Waals surface area contributed by atoms with E-state index in [0.717, 1.165) is 16.5 Å². The van der Waals surface area contributed by atoms with Crippen molar-refractivity contribution < 1.29 is 22.7 Å². The van der Waals surface area contributed by atoms with Gasteiger partial charge in [0.25, 0.3) is 5.91 Å². The van der Waals surface area contributed by atoms with Crippen molar-refractivity contribution in [3.63, 3.8) is 0 Å². The van der Waals surface area contributed by atoms with Crippen LogP contribution in [-0.2, 0) is 16.4 Å². The summed E-state index contributed by atoms with van der Waals surface area (Å²) in [6.07, 6.45) is 2.84. The number of allylic oxidation sites excluding steroid dienone is 1. The summed E-state index contributed by atoms with van der Waals surface area (Å²) in [5.74, 6) is 0.857. The summed E-state index contributed by atoms with van der Waals surface area (Å²) in [6, 6.07) is 9.46. The molecule has 0 spiro atoms. The molecule has 0 fully saturated rings. The van der Waals surface area contributed by atoms with E-state index in [2.05, 4.69) is 11.6 Å². The average Bonchev–Trinajstić information content (AvgIpc) is 3.24. The number of hydrogen-bond donors (Lipinski definition) is 0. The standard InChI is InChI=1S/C19H16N2O5S2/c1-3-8-21-14-9-15-16(26-11-25-15)10-17(14)27-19(21)20-18(22)12-4-6-13(7-5-12)28(2,23)24/h3-7,9-10H,1,8,11H2,2H3. The Bertz CT molecular complexity index is 1270. The molecule has 9 heteroatoms. The first-order valence-electron chi connectivity index (χ1n) is 8.30. The molecule has 0 saturated carbocycles. The van der Waals surface area contributed by atoms with Crippen LogP contribution in [0.2, 0.25) is 0 Å². The Morgan fingerprint density at radius 1 is 1.25 bits per heavy atom. The molecule has 0 atom stereocenters. The Morgan fingerprint density at radius 3 is 2.57 bits per heavy atom. The van der Waals surface area contributed by atoms with Crippen LogP contribution in [0.4, 0.5) is 0 Å². The monoisotopic (exact) mass is 416 g/mol. The number of fused-ring (bicyclic) bond motifs is 2. The predicted octanol–water partition coefficient (Wildman–Crippen LogP) is 2.76. The van der Waals surface area contributed by atoms with E-state index >= 15 is 0 Å². The van der Waals surface area contributed by atoms with Crippen LogP contribution in [0.25, 0.3) is 10.2 Å². The fraction of sp³-hybridized carbons (Fsp3) is 0.158. The highest BCUT2D eigenvalue weighted by molar-refractivity contribution is 7.90. The summed E-state index contributed by atoms with van der Waals surface area (Å²) in [5, 5.41) is 0. The van der Waals surface area contributed by atoms with Crippen molar-refractivity contribution in [2.45, 2.75) is 11.4 Å². The minimum Gasteiger partial charge on any atom is -0.454 e. The van der Waals surface area contributed by atoms with E-state index in [0.29, 0.717) is 28.4 Å². The van der Waals surface area contributed by atoms with Gasteiger partial charge in [0.2, 0.25) is 6.79 Å². The number of nitrogens with zero attached hydrogens (tertiary/aromatic N) is 2. The summed E-state index contributed by atoms with van der Waals surface area (Å²) in [6.45, 7) is 4.43. The van der Waals surface area contributed by atoms with Crippen LogP contribution in [0.15, 0.2) is 58.9 Å². The van der Waals surface area contributed by atoms with Crippen LogP contribution in [0.5, 0.6) is 11.5 Å². The Kier molecular flexibility index (Phi) is 4.56. The highest BCUT2D eigenvalue weighted by Crippen LogP contribution is 2.37. The van der Waals surface area contributed by atoms with Gasteiger partial charge in [0, 0.05) is 30.5 Å². The van der Waals surface area contributed by atoms with Gasteiger partial charge in [-0.25, -0.2) is 8.42 Å². The minimum absolute atomic E-state index is 0.155. The van der Waals surface area contributed by atoms with Gasteiger partial charge in [-0.3, -0.25) is 4.79 Å². The Morgan fingerprint density at radius 2 is 1.93 bits per heavy atom. The van der Waals surface area contributed by atoms with Crippen molar-refractivity contribution >= 4 is 37.3 Å². The number of carbonyl (C=O) groups excluding carboxylic acids is 1. The number of rotatable bonds is 4. The van der Waals surface area contributed by atoms with E-state index in [-0.39, 0.29) is 11.7 Å². The molecule has 0 aliphatic carbocycles. The summed E-state index contributed by atoms with van der Waals surface area (Å²) >= 11 is 1.36. The third-order valence-electron chi connectivity index (χ3n) is 4.22. The molecular formula is C19H16N2O5S2. The first kappa shape index (κ1) is 18.5. The highest BCUT2D eigenvalue weighted by atomic mass is 32.2. The summed E-state index contributed by atoms with van der Waals surface area (Å²) in [7, 11) is -3.32. The van der Waals surface area contributed by atoms with E-state index in [1.807, 2.05) is 16.7 Å². The number of aromatic nitrogens is 1. The van der Waals surface area contributed by atoms with Crippen LogP contribution in [0.1, 0.15) is 10.4 Å². The molecule has 7 nitrogen and oxygen atoms in total. The molecular weight excluding hydrogens is 400 g/mol. The fourth-order valence-corrected chi connectivity index (χ4v) is 4.53. The molecule has 0 saturated heterocycles. The maximum absolute atomic E-state index is 12.6. The first-order chi connectivity index (χ1) is 13.4. The van der Waals surface area contributed by atoms with Crippen LogP contribution in [-0.4, -0.2) is 31.9 Å². The van der Waals surface area contributed by atoms with E-state index in [1.165, 1.54) is 35.6 Å². The summed E-state index contributed by atoms with van der Waals surface area (Å²) < 4.78 is 36.8. The van der Waals surface area contributed by atoms with E-state index in [9.17, 15) is 13.2 Å². The molecule has 1 amide bonds. The number of sulfone groups is 1. The smallest absolute Gasteiger partial charge is 0.279 e. The maximum Gasteiger partial charge on any atom is 0.279 e. The van der Waals surface area contributed by atoms with E-state index in [1.54, 1.807) is 6.08 Å². The van der Waals surface area contributed by atoms with Gasteiger partial charge < -0.3 is 14.0 Å². The van der Waals surface area contributed by atoms with Crippen LogP contribution in [0.3, 0.4) is 0 Å². The lowest BCUT2D eigenvalue weighted by molar-refractivity contribution is 0.0997. The number of benzene rings is 2. The van der Waals surface area contributed by atoms with Gasteiger partial charge in [-0.15, -0.1) is 6.58 Å². The molecule has 4 rings (SSSR count). The third kappa shape index (κ3) is 3.34. The number of carbonyl (C=O) groups is 1. The molecule has 1 aliphatic heterocycles. The second-order valence-electron chi connectivity index (χ2n) is 6.17. The molecule has 144 valence electrons. The normalized spacial score (nSPS) is 13.8. The zero-order chi connectivity index (χ0) is 19.9. The molecule has 1 aromatic heterocycles. The zero-order valence-corrected chi connectivity index (χ0v) is 16.5. The van der Waals surface area contributed by atoms with Gasteiger partial charge in [0.1, 0.15) is 0 Å². The van der Waals surface area contributed by atoms with E-state index < -0.39 is 15.7 Å². The van der Waals surface area contributed by atoms with Crippen molar-refractivity contribution in [3.05, 3.63) is 59.4 Å². The van der Waals surface area contributed by atoms with Gasteiger partial charge in [0.05, 0.1) is 15.1 Å². The Balaban J connectivity index is 1.79. The number of ether oxygens (including phenoxy) is 2. The third-order valence-corrected chi connectivity index (χ3v) is 6.39. The van der Waals surface area contributed by atoms with Crippen molar-refractivity contribution in [3.8, 4) is 11.5 Å². The molecule has 3 aromatic rings. The highest BCUT2D eigenvalue weighted by Gasteiger charge is 2.18. The summed E-state index contributed by atoms with van der Waals surface area (Å²) in [4.78, 5) is 17.5. The SMILES string of the molecule is C=CCn1c(=NC(=O)c2ccc(S(C)(=O)=O)cc2)sc2cc3c(cc21)OCO3. The zero-order valence-electron chi connectivity index (χ0n) is 14.9. The fourth-order valence-electron chi connectivity index (χ4n) is 2.85. The first-order valence-corrected chi connectivity index (χ1v) is 11.0. The van der Waals surface area contributed by atoms with Crippen LogP contribution < -0.4 is 14.3 Å². The number of thiazole rings is 1. The molecule has 0 bridgehead atoms. The van der Waals surface area contributed by atoms with Gasteiger partial charge in [-0.05, 0) is 24.3 Å². The lowest BCUT2D eigenvalue weighted by atomic mass is 10.2. The van der Waals surface area contributed by atoms with Crippen molar-refractivity contribution in [2.24, 2.45) is 4.99 Å². The van der Waals surface area contributed by atoms with Crippen molar-refractivity contribution in [1.82, 2.24) is 4.57 Å². The van der Waals surface area contributed by atoms with Crippen molar-refractivity contribution in [1.29, 1.82) is 0 Å². The van der Waals surface area contributed by atoms with Crippen LogP contribution >= 0.6 is 11.3 Å². The lowest BCUT2D eigenvalue weighted by Crippen LogP contribution is -2.16. The maximum atomic E-state index is 12.6. The summed E-state index contributed by atoms with van der Waals surface area (Å²) in [5.41, 5.74) is 1.18. The molecule has 28 heavy (non-hydrogen) atoms. The second kappa shape index (κ2) is 6.92. The molecule has 2 heterocycles. The van der Waals surface area contributed by atoms with Gasteiger partial charge in [-0.1, -0.05) is 17.4 Å². The second-order valence-corrected chi connectivity index (χ2v) is 9.20. The number of hydrogen-bond acceptors (Lipinski definition) is 6. The van der Waals surface area contributed by atoms with Gasteiger partial charge in [-0.2, -0.15) is 4.99 Å². The Labute approximate surface area is 165 Å². The molecule has 0 unspecified atom stereocenters. The lowest BCUT2D eigenvalue weighted by Gasteiger charge is -2.02. The Hall–Kier alpha value is -2.91. The molecule has 2 aromatic carbocycles. The van der Waals surface area contributed by atoms with Gasteiger partial charge in [0.15, 0.2) is 26.1 Å². The van der Waals surface area contributed by atoms with E-state index in [4.69, 9.17) is 9.47 Å². The molecule has 0 N–H and O–H groups in total. The molecule has 1 aliphatic rings. The predicted molar refractivity (Wildman–Crippen MR) is 106 cm³/mol. The van der Waals surface area contributed by atoms with Gasteiger partial charge >= 0.3 is 0 Å². The van der Waals surface area contributed by atoms with Crippen LogP contribution in [0, 0.1) is 0 Å². The van der Waals surface area contributed by atoms with Crippen molar-refractivity contribution in [2.75, 3.05) is 13.0 Å². The molecule has 0 radical (unpaired) electrons. The number of amides is 1. The largest absolute Gasteiger partial charge is 0.454 e. The quantitative estimate of drug-likeness (QED) is 0.611. The topological polar surface area (TPSA) is 87.0 Å². The average molecular weight is 416 g/mol.